The number of carboxylic acids is 1. The van der Waals surface area contributed by atoms with Crippen molar-refractivity contribution >= 4 is 5.97 Å². The number of nitrogens with zero attached hydrogens (tertiary/aromatic N) is 2. The lowest BCUT2D eigenvalue weighted by molar-refractivity contribution is -0.150. The normalized spacial score (nSPS) is 21.9. The van der Waals surface area contributed by atoms with Crippen LogP contribution < -0.4 is 0 Å². The highest BCUT2D eigenvalue weighted by Gasteiger charge is 2.36. The molecule has 1 rings (SSSR count). The van der Waals surface area contributed by atoms with E-state index in [9.17, 15) is 4.79 Å². The summed E-state index contributed by atoms with van der Waals surface area (Å²) in [7, 11) is 4.12. The molecule has 0 unspecified atom stereocenters. The summed E-state index contributed by atoms with van der Waals surface area (Å²) < 4.78 is 0. The van der Waals surface area contributed by atoms with E-state index >= 15 is 0 Å². The lowest BCUT2D eigenvalue weighted by atomic mass is 9.80. The van der Waals surface area contributed by atoms with E-state index < -0.39 is 11.4 Å². The van der Waals surface area contributed by atoms with Gasteiger partial charge in [0.1, 0.15) is 0 Å². The van der Waals surface area contributed by atoms with E-state index in [-0.39, 0.29) is 0 Å². The highest BCUT2D eigenvalue weighted by molar-refractivity contribution is 5.74. The molecule has 1 fully saturated rings. The lowest BCUT2D eigenvalue weighted by Crippen LogP contribution is -2.44. The summed E-state index contributed by atoms with van der Waals surface area (Å²) >= 11 is 0. The fourth-order valence-electron chi connectivity index (χ4n) is 1.83. The molecule has 0 atom stereocenters. The molecular weight excluding hydrogens is 192 g/mol. The molecular formula is C11H22N2O2. The first-order chi connectivity index (χ1) is 6.94. The SMILES string of the molecule is CN(C)CCN1CCC(C)(C(=O)O)CC1. The fraction of sp³-hybridized carbons (Fsp3) is 0.909. The summed E-state index contributed by atoms with van der Waals surface area (Å²) in [5.74, 6) is -0.644. The summed E-state index contributed by atoms with van der Waals surface area (Å²) in [6.07, 6.45) is 1.55. The van der Waals surface area contributed by atoms with Crippen molar-refractivity contribution in [1.82, 2.24) is 9.80 Å². The van der Waals surface area contributed by atoms with Gasteiger partial charge >= 0.3 is 5.97 Å². The van der Waals surface area contributed by atoms with Crippen LogP contribution in [-0.2, 0) is 4.79 Å². The number of aliphatic carboxylic acids is 1. The molecule has 0 aromatic carbocycles. The van der Waals surface area contributed by atoms with Crippen molar-refractivity contribution in [2.24, 2.45) is 5.41 Å². The number of carboxylic acid groups (broad SMARTS) is 1. The summed E-state index contributed by atoms with van der Waals surface area (Å²) in [4.78, 5) is 15.5. The van der Waals surface area contributed by atoms with E-state index in [0.717, 1.165) is 39.0 Å². The second kappa shape index (κ2) is 4.94. The fourth-order valence-corrected chi connectivity index (χ4v) is 1.83. The van der Waals surface area contributed by atoms with Crippen molar-refractivity contribution in [2.75, 3.05) is 40.3 Å². The average molecular weight is 214 g/mol. The molecule has 0 radical (unpaired) electrons. The Morgan fingerprint density at radius 3 is 2.33 bits per heavy atom. The first-order valence-corrected chi connectivity index (χ1v) is 5.54. The van der Waals surface area contributed by atoms with Crippen molar-refractivity contribution in [1.29, 1.82) is 0 Å². The minimum atomic E-state index is -0.644. The van der Waals surface area contributed by atoms with Crippen molar-refractivity contribution < 1.29 is 9.90 Å². The first kappa shape index (κ1) is 12.5. The van der Waals surface area contributed by atoms with Crippen LogP contribution in [0.1, 0.15) is 19.8 Å². The van der Waals surface area contributed by atoms with Gasteiger partial charge in [0.15, 0.2) is 0 Å². The Labute approximate surface area is 91.9 Å². The number of likely N-dealkylation sites (tertiary alicyclic amines) is 1. The molecule has 1 aliphatic rings. The first-order valence-electron chi connectivity index (χ1n) is 5.54. The second-order valence-electron chi connectivity index (χ2n) is 5.01. The van der Waals surface area contributed by atoms with E-state index in [1.54, 1.807) is 0 Å². The van der Waals surface area contributed by atoms with Crippen LogP contribution in [0.5, 0.6) is 0 Å². The van der Waals surface area contributed by atoms with Gasteiger partial charge in [0.05, 0.1) is 5.41 Å². The quantitative estimate of drug-likeness (QED) is 0.749. The molecule has 0 saturated carbocycles. The monoisotopic (exact) mass is 214 g/mol. The smallest absolute Gasteiger partial charge is 0.309 e. The number of likely N-dealkylation sites (N-methyl/N-ethyl adjacent to an activating group) is 1. The molecule has 0 aromatic heterocycles. The lowest BCUT2D eigenvalue weighted by Gasteiger charge is -2.36. The number of hydrogen-bond donors (Lipinski definition) is 1. The molecule has 88 valence electrons. The van der Waals surface area contributed by atoms with E-state index in [1.807, 2.05) is 6.92 Å². The molecule has 0 bridgehead atoms. The van der Waals surface area contributed by atoms with Gasteiger partial charge in [-0.3, -0.25) is 4.79 Å². The van der Waals surface area contributed by atoms with Gasteiger partial charge in [-0.2, -0.15) is 0 Å². The Bertz CT molecular complexity index is 221. The van der Waals surface area contributed by atoms with Crippen LogP contribution in [0.3, 0.4) is 0 Å². The van der Waals surface area contributed by atoms with Crippen LogP contribution >= 0.6 is 0 Å². The molecule has 1 aliphatic heterocycles. The van der Waals surface area contributed by atoms with Gasteiger partial charge in [0.25, 0.3) is 0 Å². The molecule has 15 heavy (non-hydrogen) atoms. The van der Waals surface area contributed by atoms with Gasteiger partial charge in [-0.15, -0.1) is 0 Å². The number of piperidine rings is 1. The van der Waals surface area contributed by atoms with E-state index in [1.165, 1.54) is 0 Å². The largest absolute Gasteiger partial charge is 0.481 e. The van der Waals surface area contributed by atoms with Crippen molar-refractivity contribution in [3.05, 3.63) is 0 Å². The maximum absolute atomic E-state index is 11.0. The summed E-state index contributed by atoms with van der Waals surface area (Å²) in [5.41, 5.74) is -0.491. The third kappa shape index (κ3) is 3.47. The number of hydrogen-bond acceptors (Lipinski definition) is 3. The number of carbonyl (C=O) groups is 1. The molecule has 0 spiro atoms. The van der Waals surface area contributed by atoms with Crippen molar-refractivity contribution in [2.45, 2.75) is 19.8 Å². The maximum atomic E-state index is 11.0. The molecule has 1 saturated heterocycles. The van der Waals surface area contributed by atoms with E-state index in [2.05, 4.69) is 23.9 Å². The minimum absolute atomic E-state index is 0.491. The van der Waals surface area contributed by atoms with Crippen LogP contribution in [0.4, 0.5) is 0 Å². The summed E-state index contributed by atoms with van der Waals surface area (Å²) in [6, 6.07) is 0. The van der Waals surface area contributed by atoms with Crippen LogP contribution in [0.25, 0.3) is 0 Å². The Morgan fingerprint density at radius 1 is 1.40 bits per heavy atom. The van der Waals surface area contributed by atoms with Gasteiger partial charge in [0, 0.05) is 13.1 Å². The third-order valence-corrected chi connectivity index (χ3v) is 3.34. The van der Waals surface area contributed by atoms with Gasteiger partial charge in [-0.1, -0.05) is 0 Å². The second-order valence-corrected chi connectivity index (χ2v) is 5.01. The highest BCUT2D eigenvalue weighted by atomic mass is 16.4. The zero-order chi connectivity index (χ0) is 11.5. The standard InChI is InChI=1S/C11H22N2O2/c1-11(10(14)15)4-6-13(7-5-11)9-8-12(2)3/h4-9H2,1-3H3,(H,14,15). The molecule has 4 heteroatoms. The predicted octanol–water partition coefficient (Wildman–Crippen LogP) is 0.735. The van der Waals surface area contributed by atoms with Crippen LogP contribution in [0.15, 0.2) is 0 Å². The van der Waals surface area contributed by atoms with Gasteiger partial charge < -0.3 is 14.9 Å². The van der Waals surface area contributed by atoms with Crippen molar-refractivity contribution in [3.63, 3.8) is 0 Å². The van der Waals surface area contributed by atoms with Crippen LogP contribution in [-0.4, -0.2) is 61.2 Å². The molecule has 1 N–H and O–H groups in total. The zero-order valence-corrected chi connectivity index (χ0v) is 9.99. The third-order valence-electron chi connectivity index (χ3n) is 3.34. The van der Waals surface area contributed by atoms with Crippen LogP contribution in [0, 0.1) is 5.41 Å². The average Bonchev–Trinajstić information content (AvgIpc) is 2.16. The topological polar surface area (TPSA) is 43.8 Å². The number of rotatable bonds is 4. The summed E-state index contributed by atoms with van der Waals surface area (Å²) in [5, 5.41) is 9.08. The van der Waals surface area contributed by atoms with E-state index in [0.29, 0.717) is 0 Å². The Morgan fingerprint density at radius 2 is 1.93 bits per heavy atom. The summed E-state index contributed by atoms with van der Waals surface area (Å²) in [6.45, 7) is 5.78. The predicted molar refractivity (Wildman–Crippen MR) is 60.0 cm³/mol. The van der Waals surface area contributed by atoms with Gasteiger partial charge in [-0.05, 0) is 47.0 Å². The Balaban J connectivity index is 2.32. The minimum Gasteiger partial charge on any atom is -0.481 e. The van der Waals surface area contributed by atoms with Gasteiger partial charge in [0.2, 0.25) is 0 Å². The van der Waals surface area contributed by atoms with Crippen LogP contribution in [0.2, 0.25) is 0 Å². The Kier molecular flexibility index (Phi) is 4.11. The molecule has 0 aliphatic carbocycles. The zero-order valence-electron chi connectivity index (χ0n) is 9.99. The van der Waals surface area contributed by atoms with E-state index in [4.69, 9.17) is 5.11 Å². The Hall–Kier alpha value is -0.610. The van der Waals surface area contributed by atoms with Crippen molar-refractivity contribution in [3.8, 4) is 0 Å². The maximum Gasteiger partial charge on any atom is 0.309 e. The molecule has 0 amide bonds. The molecule has 0 aromatic rings. The molecule has 4 nitrogen and oxygen atoms in total. The molecule has 1 heterocycles. The highest BCUT2D eigenvalue weighted by Crippen LogP contribution is 2.30. The van der Waals surface area contributed by atoms with Gasteiger partial charge in [-0.25, -0.2) is 0 Å².